The highest BCUT2D eigenvalue weighted by molar-refractivity contribution is 7.90. The van der Waals surface area contributed by atoms with Gasteiger partial charge in [-0.1, -0.05) is 19.9 Å². The van der Waals surface area contributed by atoms with Gasteiger partial charge in [-0.2, -0.15) is 15.8 Å². The summed E-state index contributed by atoms with van der Waals surface area (Å²) < 4.78 is 135. The van der Waals surface area contributed by atoms with Gasteiger partial charge in [-0.05, 0) is 103 Å². The topological polar surface area (TPSA) is 288 Å². The molecule has 6 aromatic rings. The normalized spacial score (nSPS) is 14.3. The maximum absolute atomic E-state index is 14.6. The number of amidine groups is 3. The second kappa shape index (κ2) is 27.2. The molecular formula is C58H49F6N13O7S2. The highest BCUT2D eigenvalue weighted by Gasteiger charge is 2.28. The third-order valence-electron chi connectivity index (χ3n) is 12.7. The number of nitrogens with zero attached hydrogens (tertiary/aromatic N) is 12. The van der Waals surface area contributed by atoms with Gasteiger partial charge in [-0.15, -0.1) is 0 Å². The van der Waals surface area contributed by atoms with E-state index in [9.17, 15) is 53.5 Å². The lowest BCUT2D eigenvalue weighted by Crippen LogP contribution is -2.29. The Kier molecular flexibility index (Phi) is 19.6. The van der Waals surface area contributed by atoms with Crippen LogP contribution in [0.15, 0.2) is 121 Å². The molecule has 442 valence electrons. The van der Waals surface area contributed by atoms with Crippen molar-refractivity contribution >= 4 is 73.4 Å². The molecule has 0 fully saturated rings. The number of aliphatic imine (C=N–C) groups is 6. The monoisotopic (exact) mass is 1220 g/mol. The van der Waals surface area contributed by atoms with Crippen molar-refractivity contribution in [2.24, 2.45) is 35.1 Å². The fraction of sp³-hybridized carbons (Fsp3) is 0.224. The fourth-order valence-electron chi connectivity index (χ4n) is 8.84. The number of hydrogen-bond donors (Lipinski definition) is 2. The molecule has 86 heavy (non-hydrogen) atoms. The highest BCUT2D eigenvalue weighted by Crippen LogP contribution is 2.38. The van der Waals surface area contributed by atoms with Crippen LogP contribution in [0.2, 0.25) is 0 Å². The van der Waals surface area contributed by atoms with E-state index in [2.05, 4.69) is 35.1 Å². The van der Waals surface area contributed by atoms with Crippen LogP contribution in [-0.4, -0.2) is 124 Å². The van der Waals surface area contributed by atoms with E-state index in [1.807, 2.05) is 20.8 Å². The molecule has 0 aromatic heterocycles. The van der Waals surface area contributed by atoms with Crippen LogP contribution < -0.4 is 14.6 Å². The minimum absolute atomic E-state index is 0.00458. The Hall–Kier alpha value is -9.95. The number of phenols is 1. The summed E-state index contributed by atoms with van der Waals surface area (Å²) in [6.07, 6.45) is 6.30. The van der Waals surface area contributed by atoms with Gasteiger partial charge in [0.1, 0.15) is 81.3 Å². The van der Waals surface area contributed by atoms with Crippen molar-refractivity contribution in [1.82, 2.24) is 14.7 Å². The van der Waals surface area contributed by atoms with Gasteiger partial charge in [-0.25, -0.2) is 63.3 Å². The summed E-state index contributed by atoms with van der Waals surface area (Å²) in [6, 6.07) is 25.5. The summed E-state index contributed by atoms with van der Waals surface area (Å²) >= 11 is 0. The molecule has 0 saturated carbocycles. The first-order valence-electron chi connectivity index (χ1n) is 26.0. The molecule has 0 bridgehead atoms. The summed E-state index contributed by atoms with van der Waals surface area (Å²) in [5, 5.41) is 40.8. The number of nitriles is 3. The van der Waals surface area contributed by atoms with Crippen molar-refractivity contribution in [3.63, 3.8) is 0 Å². The predicted octanol–water partition coefficient (Wildman–Crippen LogP) is 9.70. The zero-order valence-corrected chi connectivity index (χ0v) is 47.2. The van der Waals surface area contributed by atoms with Crippen LogP contribution in [-0.2, 0) is 25.6 Å². The molecule has 12 rings (SSSR count). The van der Waals surface area contributed by atoms with Gasteiger partial charge in [0, 0.05) is 36.3 Å². The molecule has 28 heteroatoms. The molecule has 6 aromatic carbocycles. The number of primary sulfonamides is 1. The number of hydrogen-bond acceptors (Lipinski definition) is 19. The molecule has 0 unspecified atom stereocenters. The van der Waals surface area contributed by atoms with E-state index in [4.69, 9.17) is 20.0 Å². The molecule has 0 saturated heterocycles. The SMILES string of the molecule is CCCS(=O)(=O)Cc1ccc(F)c(Oc2ccc3c(c2)C2=NCCN2C=N3)c1C#N.CCCS(N)(=O)=O.N#Cc1c(F)ccc(F)c1F.N#Cc1c(F)ccc(F)c1Oc1ccc2c(c1)C1=NCCN1C=N2.Oc1ccc2c(c1)C1=NCCN1C=N2. The van der Waals surface area contributed by atoms with E-state index in [1.54, 1.807) is 93.5 Å². The number of benzene rings is 6. The Labute approximate surface area is 489 Å². The summed E-state index contributed by atoms with van der Waals surface area (Å²) in [7, 11) is -6.58. The Morgan fingerprint density at radius 3 is 1.37 bits per heavy atom. The third kappa shape index (κ3) is 14.7. The van der Waals surface area contributed by atoms with Crippen LogP contribution in [0.5, 0.6) is 28.7 Å². The van der Waals surface area contributed by atoms with Crippen LogP contribution in [0, 0.1) is 68.9 Å². The minimum atomic E-state index is -3.41. The Bertz CT molecular complexity index is 4200. The summed E-state index contributed by atoms with van der Waals surface area (Å²) in [5.41, 5.74) is 3.50. The molecule has 6 aliphatic rings. The lowest BCUT2D eigenvalue weighted by molar-refractivity contribution is 0.434. The van der Waals surface area contributed by atoms with Gasteiger partial charge in [0.25, 0.3) is 0 Å². The van der Waals surface area contributed by atoms with E-state index in [-0.39, 0.29) is 45.6 Å². The molecule has 0 spiro atoms. The number of halogens is 6. The second-order valence-electron chi connectivity index (χ2n) is 18.8. The fourth-order valence-corrected chi connectivity index (χ4v) is 10.9. The first kappa shape index (κ1) is 62.1. The van der Waals surface area contributed by atoms with Crippen molar-refractivity contribution in [3.05, 3.63) is 165 Å². The summed E-state index contributed by atoms with van der Waals surface area (Å²) in [6.45, 7) is 8.04. The Morgan fingerprint density at radius 1 is 0.535 bits per heavy atom. The average molecular weight is 1220 g/mol. The van der Waals surface area contributed by atoms with Gasteiger partial charge in [-0.3, -0.25) is 15.0 Å². The number of rotatable bonds is 10. The number of sulfone groups is 1. The van der Waals surface area contributed by atoms with E-state index in [0.29, 0.717) is 43.8 Å². The molecule has 20 nitrogen and oxygen atoms in total. The van der Waals surface area contributed by atoms with Crippen molar-refractivity contribution in [3.8, 4) is 47.0 Å². The lowest BCUT2D eigenvalue weighted by Gasteiger charge is -2.21. The van der Waals surface area contributed by atoms with Crippen molar-refractivity contribution in [2.45, 2.75) is 32.4 Å². The minimum Gasteiger partial charge on any atom is -0.508 e. The van der Waals surface area contributed by atoms with Crippen LogP contribution in [0.1, 0.15) is 65.6 Å². The number of nitrogens with two attached hydrogens (primary N) is 1. The first-order valence-corrected chi connectivity index (χ1v) is 29.6. The van der Waals surface area contributed by atoms with Gasteiger partial charge < -0.3 is 29.3 Å². The second-order valence-corrected chi connectivity index (χ2v) is 22.8. The van der Waals surface area contributed by atoms with Crippen LogP contribution in [0.3, 0.4) is 0 Å². The van der Waals surface area contributed by atoms with Gasteiger partial charge in [0.15, 0.2) is 44.6 Å². The summed E-state index contributed by atoms with van der Waals surface area (Å²) in [4.78, 5) is 32.1. The number of ether oxygens (including phenoxy) is 2. The van der Waals surface area contributed by atoms with Crippen LogP contribution in [0.25, 0.3) is 0 Å². The maximum atomic E-state index is 14.6. The molecule has 6 heterocycles. The van der Waals surface area contributed by atoms with E-state index >= 15 is 0 Å². The van der Waals surface area contributed by atoms with E-state index < -0.39 is 71.6 Å². The molecular weight excluding hydrogens is 1170 g/mol. The molecule has 3 N–H and O–H groups in total. The summed E-state index contributed by atoms with van der Waals surface area (Å²) in [5.74, 6) is -3.74. The molecule has 0 atom stereocenters. The molecule has 0 amide bonds. The number of aromatic hydroxyl groups is 1. The molecule has 0 radical (unpaired) electrons. The predicted molar refractivity (Wildman–Crippen MR) is 309 cm³/mol. The number of sulfonamides is 1. The Morgan fingerprint density at radius 2 is 0.942 bits per heavy atom. The van der Waals surface area contributed by atoms with Crippen molar-refractivity contribution < 1.29 is 57.8 Å². The van der Waals surface area contributed by atoms with Crippen molar-refractivity contribution in [2.75, 3.05) is 50.8 Å². The van der Waals surface area contributed by atoms with Crippen molar-refractivity contribution in [1.29, 1.82) is 15.8 Å². The highest BCUT2D eigenvalue weighted by atomic mass is 32.2. The number of phenolic OH excluding ortho intramolecular Hbond substituents is 1. The average Bonchev–Trinajstić information content (AvgIpc) is 4.25. The van der Waals surface area contributed by atoms with Gasteiger partial charge in [0.05, 0.1) is 73.0 Å². The van der Waals surface area contributed by atoms with Gasteiger partial charge >= 0.3 is 0 Å². The third-order valence-corrected chi connectivity index (χ3v) is 15.5. The zero-order valence-electron chi connectivity index (χ0n) is 45.6. The first-order chi connectivity index (χ1) is 41.2. The smallest absolute Gasteiger partial charge is 0.209 e. The maximum Gasteiger partial charge on any atom is 0.209 e. The zero-order chi connectivity index (χ0) is 61.9. The van der Waals surface area contributed by atoms with E-state index in [1.165, 1.54) is 12.1 Å². The van der Waals surface area contributed by atoms with Crippen LogP contribution in [0.4, 0.5) is 43.4 Å². The lowest BCUT2D eigenvalue weighted by atomic mass is 10.1. The quantitative estimate of drug-likeness (QED) is 0.0955. The Balaban J connectivity index is 0.000000152. The standard InChI is InChI=1S/C21H19FN4O3S.C17H10F2N4O.C10H9N3O.C7H2F3N.C3H9NO2S/c1-2-9-30(27,28)12-14-3-5-18(22)20(17(14)11-23)29-15-4-6-19-16(10-15)21-24-7-8-26(21)13-25-19;18-13-2-3-14(19)16(12(13)8-20)24-10-1-4-15-11(7-10)17-21-5-6-23(17)9-22-15;14-7-1-2-9-8(5-7)10-11-3-4-13(10)6-12-9;8-5-1-2-6(9)7(10)4(5)3-11;1-2-3-7(4,5)6/h3-6,10,13H,2,7-9,12H2,1H3;1-4,7,9H,5-6H2;1-2,5-6,14H,3-4H2;1-2H;2-3H2,1H3,(H2,4,5,6). The van der Waals surface area contributed by atoms with E-state index in [0.717, 1.165) is 95.6 Å². The molecule has 6 aliphatic heterocycles. The number of fused-ring (bicyclic) bond motifs is 9. The molecule has 0 aliphatic carbocycles. The largest absolute Gasteiger partial charge is 0.508 e. The van der Waals surface area contributed by atoms with Gasteiger partial charge in [0.2, 0.25) is 10.0 Å². The van der Waals surface area contributed by atoms with Crippen LogP contribution >= 0.6 is 0 Å².